The molecule has 0 radical (unpaired) electrons. The van der Waals surface area contributed by atoms with Crippen LogP contribution in [-0.2, 0) is 14.6 Å². The highest BCUT2D eigenvalue weighted by molar-refractivity contribution is 7.92. The highest BCUT2D eigenvalue weighted by Crippen LogP contribution is 2.31. The van der Waals surface area contributed by atoms with Crippen LogP contribution in [0.25, 0.3) is 0 Å². The van der Waals surface area contributed by atoms with Crippen LogP contribution in [0.2, 0.25) is 0 Å². The van der Waals surface area contributed by atoms with E-state index in [0.29, 0.717) is 12.8 Å². The molecule has 0 aromatic heterocycles. The van der Waals surface area contributed by atoms with Gasteiger partial charge in [-0.05, 0) is 26.7 Å². The van der Waals surface area contributed by atoms with Crippen molar-refractivity contribution >= 4 is 33.0 Å². The Hall–Kier alpha value is -0.690. The molecule has 0 saturated heterocycles. The number of hydrogen-bond donors (Lipinski definition) is 2. The Morgan fingerprint density at radius 3 is 1.90 bits per heavy atom. The zero-order valence-electron chi connectivity index (χ0n) is 13.7. The fraction of sp³-hybridized carbons (Fsp3) is 0.857. The summed E-state index contributed by atoms with van der Waals surface area (Å²) in [4.78, 5) is 12.8. The standard InChI is InChI=1S/C14H28N2O3S2/c1-6-8-14(9-7-2,11(15)20)12(17)16-10-13(3,4)21(5,18)19/h6-10H2,1-5H3,(H2,15,20)(H,16,17). The number of amides is 1. The van der Waals surface area contributed by atoms with Gasteiger partial charge < -0.3 is 11.1 Å². The lowest BCUT2D eigenvalue weighted by molar-refractivity contribution is -0.128. The zero-order chi connectivity index (χ0) is 16.9. The summed E-state index contributed by atoms with van der Waals surface area (Å²) >= 11 is 5.12. The summed E-state index contributed by atoms with van der Waals surface area (Å²) in [5.41, 5.74) is 4.94. The predicted molar refractivity (Wildman–Crippen MR) is 91.0 cm³/mol. The molecule has 0 bridgehead atoms. The first-order valence-corrected chi connectivity index (χ1v) is 9.52. The van der Waals surface area contributed by atoms with E-state index in [2.05, 4.69) is 5.32 Å². The molecule has 21 heavy (non-hydrogen) atoms. The van der Waals surface area contributed by atoms with Crippen molar-refractivity contribution in [1.82, 2.24) is 5.32 Å². The van der Waals surface area contributed by atoms with E-state index in [-0.39, 0.29) is 17.4 Å². The smallest absolute Gasteiger partial charge is 0.233 e. The molecule has 124 valence electrons. The van der Waals surface area contributed by atoms with Crippen molar-refractivity contribution in [3.05, 3.63) is 0 Å². The van der Waals surface area contributed by atoms with E-state index < -0.39 is 20.0 Å². The van der Waals surface area contributed by atoms with Crippen LogP contribution < -0.4 is 11.1 Å². The second-order valence-electron chi connectivity index (χ2n) is 6.16. The predicted octanol–water partition coefficient (Wildman–Crippen LogP) is 1.80. The number of sulfone groups is 1. The third kappa shape index (κ3) is 4.92. The van der Waals surface area contributed by atoms with E-state index in [1.54, 1.807) is 13.8 Å². The molecule has 0 unspecified atom stereocenters. The first-order valence-electron chi connectivity index (χ1n) is 7.22. The molecule has 5 nitrogen and oxygen atoms in total. The van der Waals surface area contributed by atoms with Gasteiger partial charge in [-0.1, -0.05) is 38.9 Å². The second-order valence-corrected chi connectivity index (χ2v) is 9.25. The molecule has 0 aliphatic carbocycles. The van der Waals surface area contributed by atoms with Crippen molar-refractivity contribution in [2.24, 2.45) is 11.1 Å². The van der Waals surface area contributed by atoms with Crippen LogP contribution in [0.3, 0.4) is 0 Å². The number of nitrogens with one attached hydrogen (secondary N) is 1. The fourth-order valence-corrected chi connectivity index (χ4v) is 2.79. The molecule has 1 amide bonds. The molecule has 0 saturated carbocycles. The van der Waals surface area contributed by atoms with Crippen LogP contribution in [0.4, 0.5) is 0 Å². The average Bonchev–Trinajstić information content (AvgIpc) is 2.33. The average molecular weight is 337 g/mol. The minimum Gasteiger partial charge on any atom is -0.392 e. The molecule has 0 rings (SSSR count). The van der Waals surface area contributed by atoms with E-state index in [1.165, 1.54) is 0 Å². The minimum absolute atomic E-state index is 0.0441. The van der Waals surface area contributed by atoms with Crippen molar-refractivity contribution in [3.63, 3.8) is 0 Å². The maximum Gasteiger partial charge on any atom is 0.233 e. The summed E-state index contributed by atoms with van der Waals surface area (Å²) in [5, 5.41) is 2.74. The lowest BCUT2D eigenvalue weighted by Crippen LogP contribution is -2.53. The fourth-order valence-electron chi connectivity index (χ4n) is 2.16. The van der Waals surface area contributed by atoms with Gasteiger partial charge in [0.05, 0.1) is 15.2 Å². The maximum absolute atomic E-state index is 12.6. The number of thiocarbonyl (C=S) groups is 1. The van der Waals surface area contributed by atoms with Gasteiger partial charge in [-0.2, -0.15) is 0 Å². The largest absolute Gasteiger partial charge is 0.392 e. The van der Waals surface area contributed by atoms with Gasteiger partial charge in [0.15, 0.2) is 9.84 Å². The Labute approximate surface area is 134 Å². The lowest BCUT2D eigenvalue weighted by atomic mass is 9.78. The third-order valence-corrected chi connectivity index (χ3v) is 6.48. The van der Waals surface area contributed by atoms with Crippen LogP contribution in [0.15, 0.2) is 0 Å². The van der Waals surface area contributed by atoms with Crippen molar-refractivity contribution in [2.75, 3.05) is 12.8 Å². The van der Waals surface area contributed by atoms with E-state index in [9.17, 15) is 13.2 Å². The van der Waals surface area contributed by atoms with Crippen molar-refractivity contribution in [3.8, 4) is 0 Å². The first kappa shape index (κ1) is 20.3. The number of hydrogen-bond acceptors (Lipinski definition) is 4. The van der Waals surface area contributed by atoms with Crippen molar-refractivity contribution in [2.45, 2.75) is 58.1 Å². The molecule has 7 heteroatoms. The Bertz CT molecular complexity index is 478. The van der Waals surface area contributed by atoms with Gasteiger partial charge in [-0.3, -0.25) is 4.79 Å². The quantitative estimate of drug-likeness (QED) is 0.627. The van der Waals surface area contributed by atoms with Crippen LogP contribution >= 0.6 is 12.2 Å². The normalized spacial score (nSPS) is 13.0. The van der Waals surface area contributed by atoms with Gasteiger partial charge in [0.2, 0.25) is 5.91 Å². The summed E-state index contributed by atoms with van der Waals surface area (Å²) in [5.74, 6) is -0.268. The van der Waals surface area contributed by atoms with Gasteiger partial charge in [-0.15, -0.1) is 0 Å². The summed E-state index contributed by atoms with van der Waals surface area (Å²) in [7, 11) is -3.27. The molecular formula is C14H28N2O3S2. The second kappa shape index (κ2) is 7.54. The Kier molecular flexibility index (Phi) is 7.29. The summed E-state index contributed by atoms with van der Waals surface area (Å²) in [6.45, 7) is 7.16. The molecule has 0 aliphatic rings. The summed E-state index contributed by atoms with van der Waals surface area (Å²) in [6.07, 6.45) is 3.86. The highest BCUT2D eigenvalue weighted by Gasteiger charge is 2.41. The maximum atomic E-state index is 12.6. The summed E-state index contributed by atoms with van der Waals surface area (Å²) < 4.78 is 22.4. The van der Waals surface area contributed by atoms with Crippen LogP contribution in [0.1, 0.15) is 53.4 Å². The molecule has 3 N–H and O–H groups in total. The molecule has 0 aromatic rings. The molecule has 0 fully saturated rings. The molecule has 0 aliphatic heterocycles. The number of nitrogens with two attached hydrogens (primary N) is 1. The SMILES string of the molecule is CCCC(CCC)(C(=O)NCC(C)(C)S(C)(=O)=O)C(N)=S. The third-order valence-electron chi connectivity index (χ3n) is 3.94. The monoisotopic (exact) mass is 336 g/mol. The topological polar surface area (TPSA) is 89.3 Å². The molecule has 0 heterocycles. The Balaban J connectivity index is 5.21. The van der Waals surface area contributed by atoms with Gasteiger partial charge in [-0.25, -0.2) is 8.42 Å². The van der Waals surface area contributed by atoms with E-state index >= 15 is 0 Å². The van der Waals surface area contributed by atoms with Gasteiger partial charge in [0, 0.05) is 12.8 Å². The Morgan fingerprint density at radius 2 is 1.62 bits per heavy atom. The zero-order valence-corrected chi connectivity index (χ0v) is 15.3. The van der Waals surface area contributed by atoms with E-state index in [0.717, 1.165) is 19.1 Å². The first-order chi connectivity index (χ1) is 9.44. The van der Waals surface area contributed by atoms with Crippen LogP contribution in [0.5, 0.6) is 0 Å². The molecular weight excluding hydrogens is 308 g/mol. The van der Waals surface area contributed by atoms with E-state index in [1.807, 2.05) is 13.8 Å². The van der Waals surface area contributed by atoms with Gasteiger partial charge >= 0.3 is 0 Å². The number of carbonyl (C=O) groups is 1. The molecule has 0 atom stereocenters. The Morgan fingerprint density at radius 1 is 1.19 bits per heavy atom. The van der Waals surface area contributed by atoms with Gasteiger partial charge in [0.25, 0.3) is 0 Å². The van der Waals surface area contributed by atoms with Gasteiger partial charge in [0.1, 0.15) is 0 Å². The lowest BCUT2D eigenvalue weighted by Gasteiger charge is -2.32. The number of carbonyl (C=O) groups excluding carboxylic acids is 1. The molecule has 0 aromatic carbocycles. The van der Waals surface area contributed by atoms with E-state index in [4.69, 9.17) is 18.0 Å². The highest BCUT2D eigenvalue weighted by atomic mass is 32.2. The van der Waals surface area contributed by atoms with Crippen LogP contribution in [-0.4, -0.2) is 36.9 Å². The van der Waals surface area contributed by atoms with Crippen LogP contribution in [0, 0.1) is 5.41 Å². The van der Waals surface area contributed by atoms with Crippen molar-refractivity contribution < 1.29 is 13.2 Å². The minimum atomic E-state index is -3.27. The van der Waals surface area contributed by atoms with Crippen molar-refractivity contribution in [1.29, 1.82) is 0 Å². The number of rotatable bonds is 9. The molecule has 0 spiro atoms. The summed E-state index contributed by atoms with van der Waals surface area (Å²) in [6, 6.07) is 0.